The molecule has 0 unspecified atom stereocenters. The Kier molecular flexibility index (Phi) is 3.53. The monoisotopic (exact) mass is 273 g/mol. The molecule has 21 heavy (non-hydrogen) atoms. The van der Waals surface area contributed by atoms with Crippen LogP contribution in [-0.2, 0) is 0 Å². The van der Waals surface area contributed by atoms with Gasteiger partial charge in [0.15, 0.2) is 0 Å². The van der Waals surface area contributed by atoms with Crippen molar-refractivity contribution in [3.05, 3.63) is 66.4 Å². The molecule has 0 N–H and O–H groups in total. The van der Waals surface area contributed by atoms with Crippen LogP contribution in [0.15, 0.2) is 60.8 Å². The Hall–Kier alpha value is -2.86. The average Bonchev–Trinajstić information content (AvgIpc) is 2.56. The largest absolute Gasteiger partial charge is 0.326 e. The molecule has 0 spiro atoms. The van der Waals surface area contributed by atoms with E-state index in [9.17, 15) is 0 Å². The first-order valence-corrected chi connectivity index (χ1v) is 6.95. The molecule has 0 saturated carbocycles. The van der Waals surface area contributed by atoms with Crippen molar-refractivity contribution in [2.45, 2.75) is 6.92 Å². The van der Waals surface area contributed by atoms with Gasteiger partial charge in [0.2, 0.25) is 0 Å². The Morgan fingerprint density at radius 3 is 2.57 bits per heavy atom. The van der Waals surface area contributed by atoms with Crippen molar-refractivity contribution in [3.63, 3.8) is 0 Å². The number of rotatable bonds is 3. The fraction of sp³-hybridized carbons (Fsp3) is 0.111. The van der Waals surface area contributed by atoms with Crippen molar-refractivity contribution in [2.24, 2.45) is 0 Å². The Morgan fingerprint density at radius 1 is 1.05 bits per heavy atom. The molecule has 0 radical (unpaired) electrons. The van der Waals surface area contributed by atoms with Gasteiger partial charge in [0, 0.05) is 18.1 Å². The summed E-state index contributed by atoms with van der Waals surface area (Å²) in [5.74, 6) is 0.854. The number of anilines is 2. The van der Waals surface area contributed by atoms with Gasteiger partial charge >= 0.3 is 0 Å². The highest BCUT2D eigenvalue weighted by Gasteiger charge is 2.11. The van der Waals surface area contributed by atoms with Crippen LogP contribution < -0.4 is 4.90 Å². The lowest BCUT2D eigenvalue weighted by atomic mass is 10.1. The maximum Gasteiger partial charge on any atom is 0.133 e. The topological polar surface area (TPSA) is 39.9 Å². The third-order valence-corrected chi connectivity index (χ3v) is 3.53. The first kappa shape index (κ1) is 13.1. The van der Waals surface area contributed by atoms with Crippen molar-refractivity contribution < 1.29 is 0 Å². The van der Waals surface area contributed by atoms with Crippen molar-refractivity contribution >= 4 is 22.3 Å². The Bertz CT molecular complexity index is 795. The first-order valence-electron chi connectivity index (χ1n) is 6.95. The standard InChI is InChI=1S/C18H15N3/c1-2-21(18-11-10-14(12-19)13-20-18)17-9-5-7-15-6-3-4-8-16(15)17/h3-11,13H,2H2,1H3. The number of fused-ring (bicyclic) bond motifs is 1. The molecule has 3 nitrogen and oxygen atoms in total. The van der Waals surface area contributed by atoms with Crippen LogP contribution in [0.3, 0.4) is 0 Å². The Morgan fingerprint density at radius 2 is 1.86 bits per heavy atom. The van der Waals surface area contributed by atoms with Crippen molar-refractivity contribution in [3.8, 4) is 6.07 Å². The summed E-state index contributed by atoms with van der Waals surface area (Å²) in [6.45, 7) is 2.91. The van der Waals surface area contributed by atoms with Crippen LogP contribution in [0, 0.1) is 11.3 Å². The van der Waals surface area contributed by atoms with E-state index in [-0.39, 0.29) is 0 Å². The van der Waals surface area contributed by atoms with E-state index in [1.807, 2.05) is 18.2 Å². The second-order valence-corrected chi connectivity index (χ2v) is 4.76. The second kappa shape index (κ2) is 5.64. The van der Waals surface area contributed by atoms with Gasteiger partial charge in [-0.1, -0.05) is 36.4 Å². The number of nitrogens with zero attached hydrogens (tertiary/aromatic N) is 3. The van der Waals surface area contributed by atoms with Gasteiger partial charge in [-0.2, -0.15) is 5.26 Å². The van der Waals surface area contributed by atoms with Crippen molar-refractivity contribution in [1.82, 2.24) is 4.98 Å². The highest BCUT2D eigenvalue weighted by Crippen LogP contribution is 2.30. The fourth-order valence-corrected chi connectivity index (χ4v) is 2.51. The smallest absolute Gasteiger partial charge is 0.133 e. The number of hydrogen-bond donors (Lipinski definition) is 0. The van der Waals surface area contributed by atoms with E-state index < -0.39 is 0 Å². The molecule has 0 saturated heterocycles. The molecule has 2 aromatic carbocycles. The van der Waals surface area contributed by atoms with E-state index in [2.05, 4.69) is 53.2 Å². The zero-order valence-corrected chi connectivity index (χ0v) is 11.8. The molecule has 0 atom stereocenters. The minimum absolute atomic E-state index is 0.577. The first-order chi connectivity index (χ1) is 10.3. The summed E-state index contributed by atoms with van der Waals surface area (Å²) in [7, 11) is 0. The molecule has 102 valence electrons. The predicted molar refractivity (Wildman–Crippen MR) is 85.6 cm³/mol. The van der Waals surface area contributed by atoms with Crippen LogP contribution in [0.2, 0.25) is 0 Å². The summed E-state index contributed by atoms with van der Waals surface area (Å²) in [6.07, 6.45) is 1.61. The molecule has 0 aliphatic carbocycles. The minimum Gasteiger partial charge on any atom is -0.326 e. The van der Waals surface area contributed by atoms with Crippen LogP contribution >= 0.6 is 0 Å². The Balaban J connectivity index is 2.11. The lowest BCUT2D eigenvalue weighted by Crippen LogP contribution is -2.17. The molecule has 1 heterocycles. The Labute approximate surface area is 124 Å². The predicted octanol–water partition coefficient (Wildman–Crippen LogP) is 4.26. The molecule has 0 bridgehead atoms. The van der Waals surface area contributed by atoms with E-state index >= 15 is 0 Å². The van der Waals surface area contributed by atoms with Gasteiger partial charge < -0.3 is 4.90 Å². The molecule has 3 aromatic rings. The number of aromatic nitrogens is 1. The molecular formula is C18H15N3. The number of nitriles is 1. The number of pyridine rings is 1. The fourth-order valence-electron chi connectivity index (χ4n) is 2.51. The zero-order chi connectivity index (χ0) is 14.7. The van der Waals surface area contributed by atoms with E-state index in [4.69, 9.17) is 5.26 Å². The van der Waals surface area contributed by atoms with Crippen LogP contribution in [0.25, 0.3) is 10.8 Å². The van der Waals surface area contributed by atoms with Crippen molar-refractivity contribution in [1.29, 1.82) is 5.26 Å². The summed E-state index contributed by atoms with van der Waals surface area (Å²) in [4.78, 5) is 6.56. The molecule has 0 aliphatic heterocycles. The van der Waals surface area contributed by atoms with Gasteiger partial charge in [0.1, 0.15) is 11.9 Å². The van der Waals surface area contributed by atoms with Crippen molar-refractivity contribution in [2.75, 3.05) is 11.4 Å². The summed E-state index contributed by atoms with van der Waals surface area (Å²) in [5.41, 5.74) is 1.71. The van der Waals surface area contributed by atoms with E-state index in [0.717, 1.165) is 18.1 Å². The molecule has 3 rings (SSSR count). The van der Waals surface area contributed by atoms with Gasteiger partial charge in [-0.15, -0.1) is 0 Å². The van der Waals surface area contributed by atoms with Crippen LogP contribution in [0.5, 0.6) is 0 Å². The lowest BCUT2D eigenvalue weighted by Gasteiger charge is -2.23. The summed E-state index contributed by atoms with van der Waals surface area (Å²) < 4.78 is 0. The van der Waals surface area contributed by atoms with Crippen LogP contribution in [0.4, 0.5) is 11.5 Å². The highest BCUT2D eigenvalue weighted by atomic mass is 15.2. The summed E-state index contributed by atoms with van der Waals surface area (Å²) in [6, 6.07) is 20.4. The normalized spacial score (nSPS) is 10.3. The van der Waals surface area contributed by atoms with Gasteiger partial charge in [-0.3, -0.25) is 0 Å². The molecule has 0 aliphatic rings. The van der Waals surface area contributed by atoms with E-state index in [1.54, 1.807) is 12.3 Å². The quantitative estimate of drug-likeness (QED) is 0.715. The number of hydrogen-bond acceptors (Lipinski definition) is 3. The lowest BCUT2D eigenvalue weighted by molar-refractivity contribution is 0.994. The molecular weight excluding hydrogens is 258 g/mol. The van der Waals surface area contributed by atoms with Gasteiger partial charge in [0.25, 0.3) is 0 Å². The van der Waals surface area contributed by atoms with Crippen LogP contribution in [-0.4, -0.2) is 11.5 Å². The molecule has 1 aromatic heterocycles. The molecule has 0 fully saturated rings. The second-order valence-electron chi connectivity index (χ2n) is 4.76. The summed E-state index contributed by atoms with van der Waals surface area (Å²) >= 11 is 0. The molecule has 0 amide bonds. The van der Waals surface area contributed by atoms with E-state index in [0.29, 0.717) is 5.56 Å². The summed E-state index contributed by atoms with van der Waals surface area (Å²) in [5, 5.41) is 11.3. The maximum atomic E-state index is 8.88. The highest BCUT2D eigenvalue weighted by molar-refractivity contribution is 5.95. The molecule has 3 heteroatoms. The number of benzene rings is 2. The van der Waals surface area contributed by atoms with Gasteiger partial charge in [-0.05, 0) is 30.5 Å². The minimum atomic E-state index is 0.577. The maximum absolute atomic E-state index is 8.88. The third kappa shape index (κ3) is 2.44. The van der Waals surface area contributed by atoms with E-state index in [1.165, 1.54) is 10.8 Å². The zero-order valence-electron chi connectivity index (χ0n) is 11.8. The van der Waals surface area contributed by atoms with Crippen LogP contribution in [0.1, 0.15) is 12.5 Å². The SMILES string of the molecule is CCN(c1ccc(C#N)cn1)c1cccc2ccccc12. The van der Waals surface area contributed by atoms with Gasteiger partial charge in [0.05, 0.1) is 11.3 Å². The van der Waals surface area contributed by atoms with Gasteiger partial charge in [-0.25, -0.2) is 4.98 Å². The average molecular weight is 273 g/mol. The third-order valence-electron chi connectivity index (χ3n) is 3.53.